The van der Waals surface area contributed by atoms with Crippen molar-refractivity contribution in [3.8, 4) is 5.75 Å². The standard InChI is InChI=1S/C13H17ClN2O2/c1-15-5-7-16(8-6-15)13(17)11-9-10(14)3-4-12(11)18-2/h3-4,9H,5-8H2,1-2H3. The summed E-state index contributed by atoms with van der Waals surface area (Å²) in [5, 5.41) is 0.549. The number of halogens is 1. The van der Waals surface area contributed by atoms with E-state index in [1.54, 1.807) is 25.3 Å². The minimum Gasteiger partial charge on any atom is -0.496 e. The van der Waals surface area contributed by atoms with E-state index in [-0.39, 0.29) is 5.91 Å². The van der Waals surface area contributed by atoms with E-state index >= 15 is 0 Å². The largest absolute Gasteiger partial charge is 0.496 e. The van der Waals surface area contributed by atoms with Crippen molar-refractivity contribution in [1.82, 2.24) is 9.80 Å². The van der Waals surface area contributed by atoms with Crippen LogP contribution in [0.5, 0.6) is 5.75 Å². The number of rotatable bonds is 2. The molecule has 0 aromatic heterocycles. The van der Waals surface area contributed by atoms with E-state index in [0.717, 1.165) is 26.2 Å². The zero-order chi connectivity index (χ0) is 13.1. The van der Waals surface area contributed by atoms with Crippen molar-refractivity contribution in [2.45, 2.75) is 0 Å². The van der Waals surface area contributed by atoms with Gasteiger partial charge in [-0.25, -0.2) is 0 Å². The molecule has 2 rings (SSSR count). The molecule has 1 aliphatic heterocycles. The summed E-state index contributed by atoms with van der Waals surface area (Å²) >= 11 is 5.95. The molecule has 1 fully saturated rings. The van der Waals surface area contributed by atoms with Crippen molar-refractivity contribution in [1.29, 1.82) is 0 Å². The number of amides is 1. The molecule has 1 heterocycles. The highest BCUT2D eigenvalue weighted by atomic mass is 35.5. The number of benzene rings is 1. The highest BCUT2D eigenvalue weighted by Gasteiger charge is 2.23. The first-order chi connectivity index (χ1) is 8.61. The third kappa shape index (κ3) is 2.76. The highest BCUT2D eigenvalue weighted by molar-refractivity contribution is 6.31. The zero-order valence-electron chi connectivity index (χ0n) is 10.6. The number of hydrogen-bond acceptors (Lipinski definition) is 3. The van der Waals surface area contributed by atoms with Gasteiger partial charge in [-0.3, -0.25) is 4.79 Å². The average Bonchev–Trinajstić information content (AvgIpc) is 2.39. The summed E-state index contributed by atoms with van der Waals surface area (Å²) in [7, 11) is 3.62. The summed E-state index contributed by atoms with van der Waals surface area (Å²) in [5.74, 6) is 0.561. The molecule has 0 aliphatic carbocycles. The second-order valence-electron chi connectivity index (χ2n) is 4.44. The second kappa shape index (κ2) is 5.59. The third-order valence-corrected chi connectivity index (χ3v) is 3.42. The summed E-state index contributed by atoms with van der Waals surface area (Å²) in [4.78, 5) is 16.5. The van der Waals surface area contributed by atoms with E-state index in [1.807, 2.05) is 4.90 Å². The number of likely N-dealkylation sites (N-methyl/N-ethyl adjacent to an activating group) is 1. The Morgan fingerprint density at radius 2 is 1.94 bits per heavy atom. The van der Waals surface area contributed by atoms with Crippen LogP contribution in [0.2, 0.25) is 5.02 Å². The Bertz CT molecular complexity index is 443. The van der Waals surface area contributed by atoms with Crippen LogP contribution in [-0.4, -0.2) is 56.0 Å². The number of nitrogens with zero attached hydrogens (tertiary/aromatic N) is 2. The van der Waals surface area contributed by atoms with E-state index in [1.165, 1.54) is 0 Å². The lowest BCUT2D eigenvalue weighted by Crippen LogP contribution is -2.47. The zero-order valence-corrected chi connectivity index (χ0v) is 11.4. The maximum Gasteiger partial charge on any atom is 0.257 e. The number of carbonyl (C=O) groups excluding carboxylic acids is 1. The lowest BCUT2D eigenvalue weighted by atomic mass is 10.1. The van der Waals surface area contributed by atoms with Crippen LogP contribution in [0.1, 0.15) is 10.4 Å². The van der Waals surface area contributed by atoms with Gasteiger partial charge >= 0.3 is 0 Å². The summed E-state index contributed by atoms with van der Waals surface area (Å²) in [6, 6.07) is 5.12. The molecule has 98 valence electrons. The Labute approximate surface area is 112 Å². The van der Waals surface area contributed by atoms with E-state index in [4.69, 9.17) is 16.3 Å². The first-order valence-electron chi connectivity index (χ1n) is 5.93. The molecule has 1 aromatic rings. The van der Waals surface area contributed by atoms with Crippen LogP contribution in [0, 0.1) is 0 Å². The number of methoxy groups -OCH3 is 1. The summed E-state index contributed by atoms with van der Waals surface area (Å²) < 4.78 is 5.22. The molecule has 0 N–H and O–H groups in total. The fraction of sp³-hybridized carbons (Fsp3) is 0.462. The van der Waals surface area contributed by atoms with Crippen LogP contribution >= 0.6 is 11.6 Å². The molecule has 18 heavy (non-hydrogen) atoms. The predicted octanol–water partition coefficient (Wildman–Crippen LogP) is 1.74. The minimum atomic E-state index is -0.0116. The summed E-state index contributed by atoms with van der Waals surface area (Å²) in [6.45, 7) is 3.28. The van der Waals surface area contributed by atoms with Gasteiger partial charge in [0.15, 0.2) is 0 Å². The normalized spacial score (nSPS) is 16.7. The van der Waals surface area contributed by atoms with Crippen molar-refractivity contribution in [2.24, 2.45) is 0 Å². The Kier molecular flexibility index (Phi) is 4.09. The third-order valence-electron chi connectivity index (χ3n) is 3.18. The Balaban J connectivity index is 2.20. The molecule has 0 bridgehead atoms. The van der Waals surface area contributed by atoms with Gasteiger partial charge in [0, 0.05) is 31.2 Å². The average molecular weight is 269 g/mol. The molecule has 1 saturated heterocycles. The van der Waals surface area contributed by atoms with Gasteiger partial charge in [0.25, 0.3) is 5.91 Å². The fourth-order valence-electron chi connectivity index (χ4n) is 2.03. The fourth-order valence-corrected chi connectivity index (χ4v) is 2.20. The SMILES string of the molecule is COc1ccc(Cl)cc1C(=O)N1CCN(C)CC1. The molecular weight excluding hydrogens is 252 g/mol. The van der Waals surface area contributed by atoms with Gasteiger partial charge in [-0.1, -0.05) is 11.6 Å². The van der Waals surface area contributed by atoms with Crippen molar-refractivity contribution in [3.63, 3.8) is 0 Å². The highest BCUT2D eigenvalue weighted by Crippen LogP contribution is 2.24. The Morgan fingerprint density at radius 1 is 1.28 bits per heavy atom. The number of piperazine rings is 1. The predicted molar refractivity (Wildman–Crippen MR) is 71.4 cm³/mol. The smallest absolute Gasteiger partial charge is 0.257 e. The van der Waals surface area contributed by atoms with E-state index < -0.39 is 0 Å². The van der Waals surface area contributed by atoms with Gasteiger partial charge in [-0.05, 0) is 25.2 Å². The first kappa shape index (κ1) is 13.2. The maximum absolute atomic E-state index is 12.4. The van der Waals surface area contributed by atoms with E-state index in [2.05, 4.69) is 11.9 Å². The quantitative estimate of drug-likeness (QED) is 0.819. The van der Waals surface area contributed by atoms with Crippen molar-refractivity contribution < 1.29 is 9.53 Å². The summed E-state index contributed by atoms with van der Waals surface area (Å²) in [6.07, 6.45) is 0. The maximum atomic E-state index is 12.4. The van der Waals surface area contributed by atoms with Crippen LogP contribution in [-0.2, 0) is 0 Å². The molecule has 0 atom stereocenters. The molecule has 1 aliphatic rings. The van der Waals surface area contributed by atoms with Gasteiger partial charge in [0.1, 0.15) is 5.75 Å². The lowest BCUT2D eigenvalue weighted by Gasteiger charge is -2.32. The van der Waals surface area contributed by atoms with Crippen LogP contribution in [0.15, 0.2) is 18.2 Å². The number of hydrogen-bond donors (Lipinski definition) is 0. The van der Waals surface area contributed by atoms with Gasteiger partial charge in [0.2, 0.25) is 0 Å². The van der Waals surface area contributed by atoms with E-state index in [0.29, 0.717) is 16.3 Å². The molecule has 0 spiro atoms. The van der Waals surface area contributed by atoms with Crippen molar-refractivity contribution in [3.05, 3.63) is 28.8 Å². The number of ether oxygens (including phenoxy) is 1. The Morgan fingerprint density at radius 3 is 2.56 bits per heavy atom. The molecule has 0 radical (unpaired) electrons. The Hall–Kier alpha value is -1.26. The molecule has 4 nitrogen and oxygen atoms in total. The van der Waals surface area contributed by atoms with Crippen molar-refractivity contribution in [2.75, 3.05) is 40.3 Å². The van der Waals surface area contributed by atoms with Crippen molar-refractivity contribution >= 4 is 17.5 Å². The van der Waals surface area contributed by atoms with E-state index in [9.17, 15) is 4.79 Å². The lowest BCUT2D eigenvalue weighted by molar-refractivity contribution is 0.0661. The van der Waals surface area contributed by atoms with Gasteiger partial charge in [-0.15, -0.1) is 0 Å². The molecule has 1 aromatic carbocycles. The van der Waals surface area contributed by atoms with Gasteiger partial charge < -0.3 is 14.5 Å². The molecule has 1 amide bonds. The summed E-state index contributed by atoms with van der Waals surface area (Å²) in [5.41, 5.74) is 0.537. The topological polar surface area (TPSA) is 32.8 Å². The first-order valence-corrected chi connectivity index (χ1v) is 6.31. The second-order valence-corrected chi connectivity index (χ2v) is 4.88. The molecule has 5 heteroatoms. The molecular formula is C13H17ClN2O2. The van der Waals surface area contributed by atoms with Crippen LogP contribution < -0.4 is 4.74 Å². The van der Waals surface area contributed by atoms with Gasteiger partial charge in [0.05, 0.1) is 12.7 Å². The monoisotopic (exact) mass is 268 g/mol. The van der Waals surface area contributed by atoms with Crippen LogP contribution in [0.4, 0.5) is 0 Å². The number of carbonyl (C=O) groups is 1. The molecule has 0 unspecified atom stereocenters. The van der Waals surface area contributed by atoms with Crippen LogP contribution in [0.3, 0.4) is 0 Å². The van der Waals surface area contributed by atoms with Crippen LogP contribution in [0.25, 0.3) is 0 Å². The molecule has 0 saturated carbocycles. The minimum absolute atomic E-state index is 0.0116. The van der Waals surface area contributed by atoms with Gasteiger partial charge in [-0.2, -0.15) is 0 Å².